The highest BCUT2D eigenvalue weighted by Gasteiger charge is 2.38. The van der Waals surface area contributed by atoms with Crippen LogP contribution in [0.1, 0.15) is 80.3 Å². The fourth-order valence-corrected chi connectivity index (χ4v) is 5.99. The van der Waals surface area contributed by atoms with Crippen molar-refractivity contribution in [3.8, 4) is 5.75 Å². The fraction of sp³-hybridized carbons (Fsp3) is 0.455. The second kappa shape index (κ2) is 11.1. The zero-order valence-corrected chi connectivity index (χ0v) is 24.9. The van der Waals surface area contributed by atoms with Crippen LogP contribution >= 0.6 is 0 Å². The maximum atomic E-state index is 13.1. The van der Waals surface area contributed by atoms with Crippen molar-refractivity contribution in [3.63, 3.8) is 0 Å². The van der Waals surface area contributed by atoms with E-state index in [-0.39, 0.29) is 17.8 Å². The van der Waals surface area contributed by atoms with Crippen LogP contribution in [-0.2, 0) is 24.4 Å². The van der Waals surface area contributed by atoms with Crippen molar-refractivity contribution >= 4 is 16.8 Å². The number of ether oxygens (including phenoxy) is 1. The first-order valence-electron chi connectivity index (χ1n) is 14.4. The lowest BCUT2D eigenvalue weighted by Gasteiger charge is -2.35. The minimum atomic E-state index is -0.611. The monoisotopic (exact) mass is 539 g/mol. The maximum Gasteiger partial charge on any atom is 0.136 e. The zero-order chi connectivity index (χ0) is 28.6. The van der Waals surface area contributed by atoms with E-state index in [2.05, 4.69) is 92.1 Å². The van der Waals surface area contributed by atoms with Crippen LogP contribution in [0.4, 0.5) is 0 Å². The van der Waals surface area contributed by atoms with Crippen molar-refractivity contribution in [1.29, 1.82) is 0 Å². The molecule has 2 atom stereocenters. The molecule has 210 valence electrons. The van der Waals surface area contributed by atoms with Crippen molar-refractivity contribution in [1.82, 2.24) is 24.9 Å². The quantitative estimate of drug-likeness (QED) is 0.259. The number of pyridine rings is 1. The Balaban J connectivity index is 1.56. The Morgan fingerprint density at radius 3 is 2.67 bits per heavy atom. The minimum Gasteiger partial charge on any atom is -0.489 e. The first kappa shape index (κ1) is 28.0. The Morgan fingerprint density at radius 1 is 1.15 bits per heavy atom. The number of aromatic nitrogens is 4. The van der Waals surface area contributed by atoms with Gasteiger partial charge in [-0.1, -0.05) is 50.3 Å². The average molecular weight is 540 g/mol. The van der Waals surface area contributed by atoms with E-state index < -0.39 is 5.41 Å². The number of nitrogens with zero attached hydrogens (tertiary/aromatic N) is 5. The Morgan fingerprint density at radius 2 is 1.95 bits per heavy atom. The molecule has 0 N–H and O–H groups in total. The molecule has 2 aromatic heterocycles. The van der Waals surface area contributed by atoms with Gasteiger partial charge in [0, 0.05) is 55.5 Å². The molecule has 0 saturated carbocycles. The van der Waals surface area contributed by atoms with Crippen LogP contribution in [0.2, 0.25) is 0 Å². The van der Waals surface area contributed by atoms with Crippen molar-refractivity contribution in [3.05, 3.63) is 82.2 Å². The third kappa shape index (κ3) is 5.15. The number of Topliss-reactive ketones (excluding diaryl/α,β-unsaturated/α-hetero) is 1. The number of carbonyl (C=O) groups excluding carboxylic acids is 1. The van der Waals surface area contributed by atoms with Gasteiger partial charge in [-0.05, 0) is 74.1 Å². The molecule has 1 aliphatic heterocycles. The predicted octanol–water partition coefficient (Wildman–Crippen LogP) is 6.38. The Kier molecular flexibility index (Phi) is 7.78. The summed E-state index contributed by atoms with van der Waals surface area (Å²) in [7, 11) is 0. The van der Waals surface area contributed by atoms with E-state index >= 15 is 0 Å². The molecule has 7 nitrogen and oxygen atoms in total. The number of hydrogen-bond acceptors (Lipinski definition) is 6. The summed E-state index contributed by atoms with van der Waals surface area (Å²) in [6, 6.07) is 13.0. The molecule has 0 amide bonds. The number of benzene rings is 2. The third-order valence-corrected chi connectivity index (χ3v) is 8.79. The van der Waals surface area contributed by atoms with Crippen LogP contribution in [-0.4, -0.2) is 43.3 Å². The van der Waals surface area contributed by atoms with E-state index in [9.17, 15) is 4.79 Å². The molecule has 0 spiro atoms. The van der Waals surface area contributed by atoms with E-state index in [1.165, 1.54) is 11.1 Å². The van der Waals surface area contributed by atoms with Gasteiger partial charge in [0.15, 0.2) is 0 Å². The van der Waals surface area contributed by atoms with Crippen LogP contribution in [0, 0.1) is 19.3 Å². The summed E-state index contributed by atoms with van der Waals surface area (Å²) in [5.74, 6) is 0.973. The topological polar surface area (TPSA) is 73.1 Å². The summed E-state index contributed by atoms with van der Waals surface area (Å²) in [6.07, 6.45) is 4.79. The largest absolute Gasteiger partial charge is 0.489 e. The molecular weight excluding hydrogens is 498 g/mol. The van der Waals surface area contributed by atoms with E-state index in [0.29, 0.717) is 0 Å². The second-order valence-corrected chi connectivity index (χ2v) is 11.8. The highest BCUT2D eigenvalue weighted by Crippen LogP contribution is 2.44. The highest BCUT2D eigenvalue weighted by molar-refractivity contribution is 5.85. The molecule has 0 radical (unpaired) electrons. The summed E-state index contributed by atoms with van der Waals surface area (Å²) >= 11 is 0. The van der Waals surface area contributed by atoms with Crippen molar-refractivity contribution < 1.29 is 9.53 Å². The molecule has 1 aliphatic rings. The number of aryl methyl sites for hydroxylation is 3. The molecule has 2 aromatic carbocycles. The predicted molar refractivity (Wildman–Crippen MR) is 158 cm³/mol. The van der Waals surface area contributed by atoms with Gasteiger partial charge in [-0.2, -0.15) is 0 Å². The number of fused-ring (bicyclic) bond motifs is 2. The first-order chi connectivity index (χ1) is 19.1. The molecule has 0 aliphatic carbocycles. The van der Waals surface area contributed by atoms with Crippen molar-refractivity contribution in [2.45, 2.75) is 86.5 Å². The molecule has 0 saturated heterocycles. The summed E-state index contributed by atoms with van der Waals surface area (Å²) in [6.45, 7) is 17.6. The van der Waals surface area contributed by atoms with Crippen LogP contribution in [0.25, 0.3) is 11.0 Å². The highest BCUT2D eigenvalue weighted by atomic mass is 16.5. The van der Waals surface area contributed by atoms with Gasteiger partial charge in [0.25, 0.3) is 0 Å². The Hall–Kier alpha value is -3.58. The third-order valence-electron chi connectivity index (χ3n) is 8.79. The molecular formula is C33H41N5O2. The number of rotatable bonds is 8. The van der Waals surface area contributed by atoms with Crippen LogP contribution in [0.5, 0.6) is 5.75 Å². The molecule has 3 heterocycles. The summed E-state index contributed by atoms with van der Waals surface area (Å²) in [5, 5.41) is 8.86. The molecule has 0 unspecified atom stereocenters. The van der Waals surface area contributed by atoms with Crippen LogP contribution in [0.3, 0.4) is 0 Å². The van der Waals surface area contributed by atoms with Gasteiger partial charge >= 0.3 is 0 Å². The van der Waals surface area contributed by atoms with Gasteiger partial charge in [0.05, 0.1) is 5.52 Å². The molecule has 4 aromatic rings. The number of ketones is 1. The Labute approximate surface area is 237 Å². The molecule has 0 fully saturated rings. The van der Waals surface area contributed by atoms with Gasteiger partial charge in [-0.3, -0.25) is 14.7 Å². The van der Waals surface area contributed by atoms with E-state index in [4.69, 9.17) is 4.74 Å². The lowest BCUT2D eigenvalue weighted by atomic mass is 9.68. The molecule has 40 heavy (non-hydrogen) atoms. The van der Waals surface area contributed by atoms with E-state index in [1.807, 2.05) is 16.9 Å². The van der Waals surface area contributed by atoms with E-state index in [0.717, 1.165) is 71.6 Å². The van der Waals surface area contributed by atoms with E-state index in [1.54, 1.807) is 13.1 Å². The van der Waals surface area contributed by atoms with Gasteiger partial charge in [-0.25, -0.2) is 4.68 Å². The summed E-state index contributed by atoms with van der Waals surface area (Å²) < 4.78 is 8.24. The van der Waals surface area contributed by atoms with Gasteiger partial charge in [-0.15, -0.1) is 5.10 Å². The Bertz CT molecular complexity index is 1540. The number of hydrogen-bond donors (Lipinski definition) is 0. The lowest BCUT2D eigenvalue weighted by molar-refractivity contribution is -0.125. The van der Waals surface area contributed by atoms with Crippen LogP contribution in [0.15, 0.2) is 48.8 Å². The fourth-order valence-electron chi connectivity index (χ4n) is 5.99. The van der Waals surface area contributed by atoms with Crippen molar-refractivity contribution in [2.24, 2.45) is 5.41 Å². The SMILES string of the molecule is CC[C@@H]1CN(Cc2cc([C@H](c3ccc4c(nnn4CC)c3C)C(C)(C)C(C)=O)ccc2C)Cc2cnccc2O1. The van der Waals surface area contributed by atoms with Crippen molar-refractivity contribution in [2.75, 3.05) is 6.54 Å². The molecule has 0 bridgehead atoms. The standard InChI is InChI=1S/C33H41N5O2/c1-8-27-20-37(19-26-17-34-15-14-30(26)40-27)18-25-16-24(11-10-21(25)3)31(33(6,7)23(5)39)28-12-13-29-32(22(28)4)35-36-38(29)9-2/h10-17,27,31H,8-9,18-20H2,1-7H3/t27-,31-/m1/s1. The zero-order valence-electron chi connectivity index (χ0n) is 24.9. The molecule has 5 rings (SSSR count). The smallest absolute Gasteiger partial charge is 0.136 e. The maximum absolute atomic E-state index is 13.1. The minimum absolute atomic E-state index is 0.124. The van der Waals surface area contributed by atoms with Gasteiger partial charge in [0.2, 0.25) is 0 Å². The second-order valence-electron chi connectivity index (χ2n) is 11.8. The normalized spacial score (nSPS) is 16.8. The number of carbonyl (C=O) groups is 1. The first-order valence-corrected chi connectivity index (χ1v) is 14.4. The summed E-state index contributed by atoms with van der Waals surface area (Å²) in [4.78, 5) is 19.9. The van der Waals surface area contributed by atoms with Crippen LogP contribution < -0.4 is 4.74 Å². The molecule has 7 heteroatoms. The average Bonchev–Trinajstić information content (AvgIpc) is 3.27. The lowest BCUT2D eigenvalue weighted by Crippen LogP contribution is -2.33. The van der Waals surface area contributed by atoms with Gasteiger partial charge < -0.3 is 4.74 Å². The van der Waals surface area contributed by atoms with Gasteiger partial charge in [0.1, 0.15) is 23.2 Å². The summed E-state index contributed by atoms with van der Waals surface area (Å²) in [5.41, 5.74) is 8.29.